The van der Waals surface area contributed by atoms with Gasteiger partial charge in [0.1, 0.15) is 6.10 Å². The average Bonchev–Trinajstić information content (AvgIpc) is 2.32. The van der Waals surface area contributed by atoms with Gasteiger partial charge in [-0.15, -0.1) is 0 Å². The van der Waals surface area contributed by atoms with E-state index in [1.165, 1.54) is 6.07 Å². The molecule has 1 aliphatic carbocycles. The molecular formula is C14H19BrFNO. The predicted molar refractivity (Wildman–Crippen MR) is 74.4 cm³/mol. The van der Waals surface area contributed by atoms with Crippen molar-refractivity contribution in [3.05, 3.63) is 28.5 Å². The molecule has 0 radical (unpaired) electrons. The van der Waals surface area contributed by atoms with Crippen LogP contribution in [-0.4, -0.2) is 18.7 Å². The lowest BCUT2D eigenvalue weighted by molar-refractivity contribution is -0.0558. The van der Waals surface area contributed by atoms with Crippen molar-refractivity contribution in [2.45, 2.75) is 39.3 Å². The number of benzene rings is 1. The van der Waals surface area contributed by atoms with E-state index in [1.54, 1.807) is 12.1 Å². The standard InChI is InChI=1S/C14H19BrFNO/c1-4-17-12-8-13(14(12,2)3)18-11-7-9(15)5-6-10(11)16/h5-7,12-13,17H,4,8H2,1-3H3. The largest absolute Gasteiger partial charge is 0.487 e. The molecule has 0 amide bonds. The number of rotatable bonds is 4. The van der Waals surface area contributed by atoms with Crippen LogP contribution in [0.3, 0.4) is 0 Å². The summed E-state index contributed by atoms with van der Waals surface area (Å²) >= 11 is 3.33. The molecule has 1 N–H and O–H groups in total. The van der Waals surface area contributed by atoms with Crippen molar-refractivity contribution in [2.75, 3.05) is 6.54 Å². The van der Waals surface area contributed by atoms with Gasteiger partial charge in [-0.05, 0) is 24.7 Å². The van der Waals surface area contributed by atoms with E-state index in [4.69, 9.17) is 4.74 Å². The van der Waals surface area contributed by atoms with E-state index in [2.05, 4.69) is 42.0 Å². The Labute approximate surface area is 116 Å². The molecule has 0 heterocycles. The molecule has 2 nitrogen and oxygen atoms in total. The molecule has 0 aliphatic heterocycles. The molecule has 2 rings (SSSR count). The van der Waals surface area contributed by atoms with Crippen molar-refractivity contribution in [1.82, 2.24) is 5.32 Å². The van der Waals surface area contributed by atoms with Gasteiger partial charge in [0.05, 0.1) is 0 Å². The van der Waals surface area contributed by atoms with Crippen LogP contribution in [0.15, 0.2) is 22.7 Å². The molecule has 1 aliphatic rings. The molecule has 18 heavy (non-hydrogen) atoms. The van der Waals surface area contributed by atoms with Crippen molar-refractivity contribution in [3.63, 3.8) is 0 Å². The van der Waals surface area contributed by atoms with Crippen LogP contribution < -0.4 is 10.1 Å². The fraction of sp³-hybridized carbons (Fsp3) is 0.571. The minimum Gasteiger partial charge on any atom is -0.487 e. The number of hydrogen-bond donors (Lipinski definition) is 1. The van der Waals surface area contributed by atoms with Gasteiger partial charge >= 0.3 is 0 Å². The minimum atomic E-state index is -0.305. The zero-order chi connectivity index (χ0) is 13.3. The Kier molecular flexibility index (Phi) is 3.97. The maximum absolute atomic E-state index is 13.6. The smallest absolute Gasteiger partial charge is 0.165 e. The molecule has 0 bridgehead atoms. The van der Waals surface area contributed by atoms with Gasteiger partial charge in [0.15, 0.2) is 11.6 Å². The van der Waals surface area contributed by atoms with E-state index in [-0.39, 0.29) is 17.3 Å². The molecule has 2 atom stereocenters. The number of nitrogens with one attached hydrogen (secondary N) is 1. The quantitative estimate of drug-likeness (QED) is 0.913. The molecule has 0 saturated heterocycles. The van der Waals surface area contributed by atoms with Crippen LogP contribution in [0.4, 0.5) is 4.39 Å². The molecule has 1 aromatic carbocycles. The first-order chi connectivity index (χ1) is 8.45. The number of hydrogen-bond acceptors (Lipinski definition) is 2. The monoisotopic (exact) mass is 315 g/mol. The molecule has 1 saturated carbocycles. The van der Waals surface area contributed by atoms with Crippen molar-refractivity contribution >= 4 is 15.9 Å². The number of ether oxygens (including phenoxy) is 1. The average molecular weight is 316 g/mol. The van der Waals surface area contributed by atoms with Gasteiger partial charge in [0.2, 0.25) is 0 Å². The van der Waals surface area contributed by atoms with E-state index in [1.807, 2.05) is 0 Å². The second-order valence-corrected chi connectivity index (χ2v) is 6.26. The first-order valence-corrected chi connectivity index (χ1v) is 7.09. The second kappa shape index (κ2) is 5.17. The third-order valence-electron chi connectivity index (χ3n) is 3.79. The first-order valence-electron chi connectivity index (χ1n) is 6.30. The predicted octanol–water partition coefficient (Wildman–Crippen LogP) is 3.74. The summed E-state index contributed by atoms with van der Waals surface area (Å²) in [6, 6.07) is 5.23. The molecule has 1 aromatic rings. The third-order valence-corrected chi connectivity index (χ3v) is 4.28. The topological polar surface area (TPSA) is 21.3 Å². The summed E-state index contributed by atoms with van der Waals surface area (Å²) < 4.78 is 20.3. The van der Waals surface area contributed by atoms with Crippen molar-refractivity contribution < 1.29 is 9.13 Å². The molecular weight excluding hydrogens is 297 g/mol. The van der Waals surface area contributed by atoms with Crippen LogP contribution in [0.25, 0.3) is 0 Å². The van der Waals surface area contributed by atoms with Crippen LogP contribution in [0.1, 0.15) is 27.2 Å². The molecule has 1 fully saturated rings. The lowest BCUT2D eigenvalue weighted by Crippen LogP contribution is -2.62. The summed E-state index contributed by atoms with van der Waals surface area (Å²) in [5, 5.41) is 3.43. The lowest BCUT2D eigenvalue weighted by atomic mass is 9.64. The van der Waals surface area contributed by atoms with Gasteiger partial charge in [-0.3, -0.25) is 0 Å². The van der Waals surface area contributed by atoms with Gasteiger partial charge < -0.3 is 10.1 Å². The fourth-order valence-corrected chi connectivity index (χ4v) is 2.74. The van der Waals surface area contributed by atoms with Crippen LogP contribution >= 0.6 is 15.9 Å². The Morgan fingerprint density at radius 1 is 1.50 bits per heavy atom. The van der Waals surface area contributed by atoms with Crippen LogP contribution in [0, 0.1) is 11.2 Å². The molecule has 2 unspecified atom stereocenters. The summed E-state index contributed by atoms with van der Waals surface area (Å²) in [6.45, 7) is 7.36. The highest BCUT2D eigenvalue weighted by Crippen LogP contribution is 2.43. The maximum atomic E-state index is 13.6. The zero-order valence-corrected chi connectivity index (χ0v) is 12.6. The Morgan fingerprint density at radius 2 is 2.22 bits per heavy atom. The molecule has 100 valence electrons. The van der Waals surface area contributed by atoms with E-state index in [9.17, 15) is 4.39 Å². The third kappa shape index (κ3) is 2.54. The van der Waals surface area contributed by atoms with Gasteiger partial charge in [0.25, 0.3) is 0 Å². The molecule has 0 aromatic heterocycles. The van der Waals surface area contributed by atoms with Crippen molar-refractivity contribution in [2.24, 2.45) is 5.41 Å². The zero-order valence-electron chi connectivity index (χ0n) is 11.0. The SMILES string of the molecule is CCNC1CC(Oc2cc(Br)ccc2F)C1(C)C. The van der Waals surface area contributed by atoms with Gasteiger partial charge in [-0.25, -0.2) is 4.39 Å². The van der Waals surface area contributed by atoms with Gasteiger partial charge in [0, 0.05) is 22.4 Å². The Hall–Kier alpha value is -0.610. The van der Waals surface area contributed by atoms with Gasteiger partial charge in [-0.2, -0.15) is 0 Å². The fourth-order valence-electron chi connectivity index (χ4n) is 2.40. The highest BCUT2D eigenvalue weighted by molar-refractivity contribution is 9.10. The Balaban J connectivity index is 2.05. The Morgan fingerprint density at radius 3 is 2.83 bits per heavy atom. The molecule has 0 spiro atoms. The Bertz CT molecular complexity index is 436. The summed E-state index contributed by atoms with van der Waals surface area (Å²) in [4.78, 5) is 0. The van der Waals surface area contributed by atoms with E-state index in [0.717, 1.165) is 17.4 Å². The number of halogens is 2. The van der Waals surface area contributed by atoms with E-state index in [0.29, 0.717) is 11.8 Å². The molecule has 4 heteroatoms. The van der Waals surface area contributed by atoms with E-state index >= 15 is 0 Å². The van der Waals surface area contributed by atoms with Crippen molar-refractivity contribution in [3.8, 4) is 5.75 Å². The minimum absolute atomic E-state index is 0.0325. The maximum Gasteiger partial charge on any atom is 0.165 e. The second-order valence-electron chi connectivity index (χ2n) is 5.35. The van der Waals surface area contributed by atoms with Gasteiger partial charge in [-0.1, -0.05) is 36.7 Å². The van der Waals surface area contributed by atoms with Crippen LogP contribution in [0.2, 0.25) is 0 Å². The lowest BCUT2D eigenvalue weighted by Gasteiger charge is -2.51. The van der Waals surface area contributed by atoms with Crippen LogP contribution in [-0.2, 0) is 0 Å². The first kappa shape index (κ1) is 13.8. The summed E-state index contributed by atoms with van der Waals surface area (Å²) in [6.07, 6.45) is 0.984. The highest BCUT2D eigenvalue weighted by atomic mass is 79.9. The van der Waals surface area contributed by atoms with E-state index < -0.39 is 0 Å². The summed E-state index contributed by atoms with van der Waals surface area (Å²) in [5.41, 5.74) is 0.0325. The van der Waals surface area contributed by atoms with Crippen LogP contribution in [0.5, 0.6) is 5.75 Å². The summed E-state index contributed by atoms with van der Waals surface area (Å²) in [5.74, 6) is 0.0262. The highest BCUT2D eigenvalue weighted by Gasteiger charge is 2.49. The summed E-state index contributed by atoms with van der Waals surface area (Å²) in [7, 11) is 0. The van der Waals surface area contributed by atoms with Crippen molar-refractivity contribution in [1.29, 1.82) is 0 Å². The normalized spacial score (nSPS) is 25.6.